The smallest absolute Gasteiger partial charge is 0.0549 e. The molecular weight excluding hydrogens is 252 g/mol. The third-order valence-electron chi connectivity index (χ3n) is 3.47. The molecule has 1 aromatic carbocycles. The zero-order chi connectivity index (χ0) is 10.4. The van der Waals surface area contributed by atoms with Gasteiger partial charge in [0.2, 0.25) is 0 Å². The monoisotopic (exact) mass is 266 g/mol. The maximum Gasteiger partial charge on any atom is 0.0549 e. The molecule has 2 aliphatic rings. The zero-order valence-corrected chi connectivity index (χ0v) is 10.4. The molecule has 1 aromatic rings. The van der Waals surface area contributed by atoms with Crippen molar-refractivity contribution in [3.63, 3.8) is 0 Å². The van der Waals surface area contributed by atoms with Crippen LogP contribution in [0.1, 0.15) is 12.5 Å². The maximum absolute atomic E-state index is 3.67. The van der Waals surface area contributed by atoms with Gasteiger partial charge in [0, 0.05) is 29.6 Å². The van der Waals surface area contributed by atoms with Gasteiger partial charge >= 0.3 is 0 Å². The second kappa shape index (κ2) is 3.49. The van der Waals surface area contributed by atoms with Crippen molar-refractivity contribution in [2.45, 2.75) is 25.4 Å². The molecule has 2 heterocycles. The van der Waals surface area contributed by atoms with Crippen molar-refractivity contribution >= 4 is 21.6 Å². The molecule has 3 rings (SSSR count). The summed E-state index contributed by atoms with van der Waals surface area (Å²) in [5.74, 6) is 0. The number of hydrogen-bond donors (Lipinski definition) is 1. The van der Waals surface area contributed by atoms with E-state index in [0.29, 0.717) is 12.1 Å². The number of nitrogens with zero attached hydrogens (tertiary/aromatic N) is 1. The molecule has 1 unspecified atom stereocenters. The van der Waals surface area contributed by atoms with Crippen LogP contribution < -0.4 is 10.2 Å². The minimum Gasteiger partial charge on any atom is -0.362 e. The predicted octanol–water partition coefficient (Wildman–Crippen LogP) is 2.17. The van der Waals surface area contributed by atoms with Crippen molar-refractivity contribution in [2.75, 3.05) is 18.0 Å². The molecule has 0 spiro atoms. The molecule has 15 heavy (non-hydrogen) atoms. The van der Waals surface area contributed by atoms with Crippen LogP contribution in [-0.4, -0.2) is 25.2 Å². The molecule has 1 N–H and O–H groups in total. The molecule has 3 heteroatoms. The molecule has 80 valence electrons. The molecule has 0 amide bonds. The van der Waals surface area contributed by atoms with Crippen LogP contribution >= 0.6 is 15.9 Å². The summed E-state index contributed by atoms with van der Waals surface area (Å²) in [5, 5.41) is 3.50. The Kier molecular flexibility index (Phi) is 2.25. The van der Waals surface area contributed by atoms with E-state index in [2.05, 4.69) is 51.3 Å². The summed E-state index contributed by atoms with van der Waals surface area (Å²) in [6.45, 7) is 4.51. The van der Waals surface area contributed by atoms with E-state index in [1.54, 1.807) is 0 Å². The fourth-order valence-electron chi connectivity index (χ4n) is 2.86. The van der Waals surface area contributed by atoms with Gasteiger partial charge in [0.1, 0.15) is 0 Å². The van der Waals surface area contributed by atoms with Gasteiger partial charge in [-0.2, -0.15) is 0 Å². The van der Waals surface area contributed by atoms with E-state index >= 15 is 0 Å². The number of fused-ring (bicyclic) bond motifs is 3. The first-order valence-corrected chi connectivity index (χ1v) is 6.33. The van der Waals surface area contributed by atoms with Gasteiger partial charge in [-0.25, -0.2) is 0 Å². The summed E-state index contributed by atoms with van der Waals surface area (Å²) in [6, 6.07) is 7.80. The van der Waals surface area contributed by atoms with Gasteiger partial charge < -0.3 is 10.2 Å². The van der Waals surface area contributed by atoms with Crippen molar-refractivity contribution in [3.05, 3.63) is 28.2 Å². The molecule has 0 bridgehead atoms. The van der Waals surface area contributed by atoms with Crippen molar-refractivity contribution in [3.8, 4) is 0 Å². The number of rotatable bonds is 0. The third-order valence-corrected chi connectivity index (χ3v) is 4.11. The first-order valence-electron chi connectivity index (χ1n) is 5.54. The highest BCUT2D eigenvalue weighted by atomic mass is 79.9. The summed E-state index contributed by atoms with van der Waals surface area (Å²) in [7, 11) is 0. The van der Waals surface area contributed by atoms with Crippen LogP contribution in [0, 0.1) is 0 Å². The number of piperazine rings is 1. The van der Waals surface area contributed by atoms with Gasteiger partial charge in [0.25, 0.3) is 0 Å². The van der Waals surface area contributed by atoms with E-state index in [-0.39, 0.29) is 0 Å². The third kappa shape index (κ3) is 1.41. The van der Waals surface area contributed by atoms with E-state index in [4.69, 9.17) is 0 Å². The summed E-state index contributed by atoms with van der Waals surface area (Å²) in [4.78, 5) is 2.58. The predicted molar refractivity (Wildman–Crippen MR) is 66.4 cm³/mol. The Morgan fingerprint density at radius 2 is 2.27 bits per heavy atom. The van der Waals surface area contributed by atoms with Gasteiger partial charge in [-0.15, -0.1) is 0 Å². The number of benzene rings is 1. The van der Waals surface area contributed by atoms with E-state index in [1.807, 2.05) is 0 Å². The minimum atomic E-state index is 0.601. The Morgan fingerprint density at radius 3 is 3.13 bits per heavy atom. The molecule has 2 aliphatic heterocycles. The van der Waals surface area contributed by atoms with Crippen LogP contribution in [0.15, 0.2) is 22.7 Å². The van der Waals surface area contributed by atoms with Gasteiger partial charge in [-0.3, -0.25) is 0 Å². The van der Waals surface area contributed by atoms with Crippen LogP contribution in [0.2, 0.25) is 0 Å². The lowest BCUT2D eigenvalue weighted by Crippen LogP contribution is -2.54. The highest BCUT2D eigenvalue weighted by Crippen LogP contribution is 2.40. The van der Waals surface area contributed by atoms with Crippen molar-refractivity contribution in [1.29, 1.82) is 0 Å². The Hall–Kier alpha value is -0.540. The molecule has 0 radical (unpaired) electrons. The highest BCUT2D eigenvalue weighted by Gasteiger charge is 2.35. The quantitative estimate of drug-likeness (QED) is 0.775. The maximum atomic E-state index is 3.67. The minimum absolute atomic E-state index is 0.601. The molecule has 0 aliphatic carbocycles. The molecule has 2 nitrogen and oxygen atoms in total. The summed E-state index contributed by atoms with van der Waals surface area (Å²) in [6.07, 6.45) is 1.19. The lowest BCUT2D eigenvalue weighted by atomic mass is 10.1. The van der Waals surface area contributed by atoms with E-state index in [0.717, 1.165) is 13.1 Å². The second-order valence-electron chi connectivity index (χ2n) is 4.52. The lowest BCUT2D eigenvalue weighted by Gasteiger charge is -2.38. The Balaban J connectivity index is 2.08. The van der Waals surface area contributed by atoms with Gasteiger partial charge in [0.05, 0.1) is 5.69 Å². The molecular formula is C12H15BrN2. The van der Waals surface area contributed by atoms with Crippen molar-refractivity contribution < 1.29 is 0 Å². The number of anilines is 1. The average molecular weight is 267 g/mol. The average Bonchev–Trinajstić information content (AvgIpc) is 2.58. The number of hydrogen-bond acceptors (Lipinski definition) is 2. The normalized spacial score (nSPS) is 28.8. The Morgan fingerprint density at radius 1 is 1.40 bits per heavy atom. The van der Waals surface area contributed by atoms with E-state index in [1.165, 1.54) is 22.1 Å². The van der Waals surface area contributed by atoms with Crippen LogP contribution in [0.25, 0.3) is 0 Å². The standard InChI is InChI=1S/C12H15BrN2/c1-8-6-14-7-10-5-9-3-2-4-11(13)12(9)15(8)10/h2-4,8,10,14H,5-7H2,1H3/t8?,10-/m0/s1. The van der Waals surface area contributed by atoms with E-state index < -0.39 is 0 Å². The Bertz CT molecular complexity index is 391. The van der Waals surface area contributed by atoms with E-state index in [9.17, 15) is 0 Å². The highest BCUT2D eigenvalue weighted by molar-refractivity contribution is 9.10. The molecule has 0 aromatic heterocycles. The first-order chi connectivity index (χ1) is 7.27. The van der Waals surface area contributed by atoms with Crippen LogP contribution in [0.4, 0.5) is 5.69 Å². The number of nitrogens with one attached hydrogen (secondary N) is 1. The summed E-state index contributed by atoms with van der Waals surface area (Å²) >= 11 is 3.67. The summed E-state index contributed by atoms with van der Waals surface area (Å²) < 4.78 is 1.25. The molecule has 1 fully saturated rings. The van der Waals surface area contributed by atoms with Gasteiger partial charge in [-0.1, -0.05) is 12.1 Å². The SMILES string of the molecule is CC1CNC[C@@H]2Cc3cccc(Br)c3N12. The first kappa shape index (κ1) is 9.67. The van der Waals surface area contributed by atoms with Crippen LogP contribution in [0.3, 0.4) is 0 Å². The largest absolute Gasteiger partial charge is 0.362 e. The molecule has 2 atom stereocenters. The zero-order valence-electron chi connectivity index (χ0n) is 8.83. The topological polar surface area (TPSA) is 15.3 Å². The molecule has 0 saturated carbocycles. The lowest BCUT2D eigenvalue weighted by molar-refractivity contribution is 0.429. The van der Waals surface area contributed by atoms with Crippen molar-refractivity contribution in [1.82, 2.24) is 5.32 Å². The van der Waals surface area contributed by atoms with Crippen LogP contribution in [0.5, 0.6) is 0 Å². The van der Waals surface area contributed by atoms with Crippen molar-refractivity contribution in [2.24, 2.45) is 0 Å². The number of para-hydroxylation sites is 1. The fourth-order valence-corrected chi connectivity index (χ4v) is 3.47. The number of halogens is 1. The van der Waals surface area contributed by atoms with Crippen LogP contribution in [-0.2, 0) is 6.42 Å². The molecule has 1 saturated heterocycles. The Labute approximate surface area is 98.8 Å². The second-order valence-corrected chi connectivity index (χ2v) is 5.37. The van der Waals surface area contributed by atoms with Gasteiger partial charge in [-0.05, 0) is 40.9 Å². The summed E-state index contributed by atoms with van der Waals surface area (Å²) in [5.41, 5.74) is 2.92. The fraction of sp³-hybridized carbons (Fsp3) is 0.500. The van der Waals surface area contributed by atoms with Gasteiger partial charge in [0.15, 0.2) is 0 Å².